The van der Waals surface area contributed by atoms with Crippen LogP contribution in [0, 0.1) is 6.92 Å². The Morgan fingerprint density at radius 2 is 1.89 bits per heavy atom. The number of amides is 1. The number of benzene rings is 3. The van der Waals surface area contributed by atoms with Gasteiger partial charge in [0.05, 0.1) is 29.3 Å². The number of aryl methyl sites for hydroxylation is 1. The number of para-hydroxylation sites is 1. The highest BCUT2D eigenvalue weighted by molar-refractivity contribution is 6.51. The van der Waals surface area contributed by atoms with Crippen molar-refractivity contribution in [3.63, 3.8) is 0 Å². The fourth-order valence-corrected chi connectivity index (χ4v) is 4.97. The van der Waals surface area contributed by atoms with Crippen molar-refractivity contribution in [1.82, 2.24) is 15.0 Å². The molecule has 1 aliphatic rings. The number of aromatic nitrogens is 3. The number of anilines is 1. The van der Waals surface area contributed by atoms with Crippen molar-refractivity contribution in [3.05, 3.63) is 89.1 Å². The van der Waals surface area contributed by atoms with Gasteiger partial charge >= 0.3 is 5.91 Å². The van der Waals surface area contributed by atoms with Crippen LogP contribution in [-0.4, -0.2) is 43.5 Å². The van der Waals surface area contributed by atoms with Crippen LogP contribution in [0.1, 0.15) is 29.7 Å². The molecule has 0 radical (unpaired) electrons. The average Bonchev–Trinajstić information content (AvgIpc) is 3.59. The van der Waals surface area contributed by atoms with Gasteiger partial charge in [-0.1, -0.05) is 30.3 Å². The van der Waals surface area contributed by atoms with Gasteiger partial charge in [0, 0.05) is 22.7 Å². The second kappa shape index (κ2) is 8.81. The number of nitrogens with zero attached hydrogens (tertiary/aromatic N) is 2. The van der Waals surface area contributed by atoms with Crippen molar-refractivity contribution < 1.29 is 24.5 Å². The number of aliphatic hydroxyl groups is 1. The van der Waals surface area contributed by atoms with Gasteiger partial charge in [0.1, 0.15) is 5.76 Å². The lowest BCUT2D eigenvalue weighted by atomic mass is 9.95. The molecule has 9 nitrogen and oxygen atoms in total. The smallest absolute Gasteiger partial charge is 0.302 e. The van der Waals surface area contributed by atoms with Gasteiger partial charge in [0.2, 0.25) is 5.95 Å². The van der Waals surface area contributed by atoms with E-state index in [1.807, 2.05) is 49.4 Å². The maximum absolute atomic E-state index is 13.6. The van der Waals surface area contributed by atoms with Crippen molar-refractivity contribution in [1.29, 1.82) is 0 Å². The lowest BCUT2D eigenvalue weighted by Crippen LogP contribution is -2.30. The molecule has 3 aromatic carbocycles. The molecule has 190 valence electrons. The Morgan fingerprint density at radius 1 is 1.08 bits per heavy atom. The van der Waals surface area contributed by atoms with Gasteiger partial charge in [-0.2, -0.15) is 0 Å². The van der Waals surface area contributed by atoms with Gasteiger partial charge in [0.25, 0.3) is 5.78 Å². The van der Waals surface area contributed by atoms with Crippen molar-refractivity contribution in [2.45, 2.75) is 19.9 Å². The molecule has 9 heteroatoms. The molecule has 0 saturated carbocycles. The minimum Gasteiger partial charge on any atom is -0.507 e. The molecular weight excluding hydrogens is 484 g/mol. The third kappa shape index (κ3) is 3.59. The second-order valence-corrected chi connectivity index (χ2v) is 9.16. The van der Waals surface area contributed by atoms with E-state index in [4.69, 9.17) is 4.74 Å². The summed E-state index contributed by atoms with van der Waals surface area (Å²) in [5, 5.41) is 22.6. The molecule has 0 aliphatic carbocycles. The zero-order chi connectivity index (χ0) is 26.6. The highest BCUT2D eigenvalue weighted by Crippen LogP contribution is 2.44. The van der Waals surface area contributed by atoms with Crippen molar-refractivity contribution in [2.75, 3.05) is 11.5 Å². The number of carbonyl (C=O) groups excluding carboxylic acids is 2. The third-order valence-electron chi connectivity index (χ3n) is 6.74. The molecule has 2 aromatic heterocycles. The molecule has 3 heterocycles. The molecule has 1 atom stereocenters. The molecule has 0 spiro atoms. The molecule has 6 rings (SSSR count). The normalized spacial score (nSPS) is 17.1. The van der Waals surface area contributed by atoms with Crippen LogP contribution < -0.4 is 9.64 Å². The lowest BCUT2D eigenvalue weighted by Gasteiger charge is -2.23. The first-order valence-electron chi connectivity index (χ1n) is 12.2. The van der Waals surface area contributed by atoms with Crippen LogP contribution in [0.5, 0.6) is 11.5 Å². The molecule has 1 saturated heterocycles. The summed E-state index contributed by atoms with van der Waals surface area (Å²) in [6, 6.07) is 16.6. The third-order valence-corrected chi connectivity index (χ3v) is 6.74. The van der Waals surface area contributed by atoms with Crippen LogP contribution in [0.4, 0.5) is 5.95 Å². The fourth-order valence-electron chi connectivity index (χ4n) is 4.97. The van der Waals surface area contributed by atoms with E-state index in [0.29, 0.717) is 34.2 Å². The summed E-state index contributed by atoms with van der Waals surface area (Å²) in [5.74, 6) is -1.71. The largest absolute Gasteiger partial charge is 0.507 e. The number of phenolic OH excluding ortho intramolecular Hbond substituents is 1. The predicted molar refractivity (Wildman–Crippen MR) is 143 cm³/mol. The first-order chi connectivity index (χ1) is 18.4. The first-order valence-corrected chi connectivity index (χ1v) is 12.2. The number of nitrogens with one attached hydrogen (secondary N) is 2. The lowest BCUT2D eigenvalue weighted by molar-refractivity contribution is -0.132. The van der Waals surface area contributed by atoms with Crippen molar-refractivity contribution in [3.8, 4) is 11.5 Å². The molecule has 4 N–H and O–H groups in total. The van der Waals surface area contributed by atoms with E-state index in [2.05, 4.69) is 15.0 Å². The number of carbonyl (C=O) groups is 2. The van der Waals surface area contributed by atoms with Crippen LogP contribution in [0.15, 0.2) is 72.4 Å². The maximum Gasteiger partial charge on any atom is 0.302 e. The Balaban J connectivity index is 1.60. The number of Topliss-reactive ketones (excluding diaryl/α,β-unsaturated/α-hetero) is 1. The van der Waals surface area contributed by atoms with Gasteiger partial charge in [-0.25, -0.2) is 4.98 Å². The Bertz CT molecular complexity index is 1780. The first kappa shape index (κ1) is 23.4. The average molecular weight is 509 g/mol. The summed E-state index contributed by atoms with van der Waals surface area (Å²) in [5.41, 5.74) is 3.88. The van der Waals surface area contributed by atoms with E-state index in [1.54, 1.807) is 25.3 Å². The SMILES string of the molecule is CCOc1cc(C2/C(=C(\O)c3c[nH]c4ccccc34)C(=O)C(=O)N2c2nc3ccc(C)cc3[nH]2)ccc1O. The summed E-state index contributed by atoms with van der Waals surface area (Å²) in [4.78, 5) is 39.2. The Morgan fingerprint density at radius 3 is 2.71 bits per heavy atom. The molecule has 1 fully saturated rings. The van der Waals surface area contributed by atoms with E-state index in [1.165, 1.54) is 11.0 Å². The number of phenols is 1. The van der Waals surface area contributed by atoms with Crippen molar-refractivity contribution in [2.24, 2.45) is 0 Å². The number of imidazole rings is 1. The van der Waals surface area contributed by atoms with Gasteiger partial charge in [0.15, 0.2) is 11.5 Å². The minimum absolute atomic E-state index is 0.0802. The van der Waals surface area contributed by atoms with Crippen LogP contribution in [-0.2, 0) is 9.59 Å². The highest BCUT2D eigenvalue weighted by atomic mass is 16.5. The Labute approximate surface area is 217 Å². The predicted octanol–water partition coefficient (Wildman–Crippen LogP) is 5.08. The number of hydrogen-bond acceptors (Lipinski definition) is 6. The van der Waals surface area contributed by atoms with E-state index in [0.717, 1.165) is 11.1 Å². The fraction of sp³-hybridized carbons (Fsp3) is 0.138. The number of fused-ring (bicyclic) bond motifs is 2. The molecule has 1 amide bonds. The minimum atomic E-state index is -1.04. The standard InChI is InChI=1S/C29H24N4O5/c1-3-38-23-13-16(9-11-22(23)34)25-24(26(35)18-14-30-19-7-5-4-6-17(18)19)27(36)28(37)33(25)29-31-20-10-8-15(2)12-21(20)32-29/h4-14,25,30,34-35H,3H2,1-2H3,(H,31,32)/b26-24+. The second-order valence-electron chi connectivity index (χ2n) is 9.16. The van der Waals surface area contributed by atoms with E-state index in [-0.39, 0.29) is 28.8 Å². The quantitative estimate of drug-likeness (QED) is 0.149. The Kier molecular flexibility index (Phi) is 5.41. The number of H-pyrrole nitrogens is 2. The van der Waals surface area contributed by atoms with Crippen LogP contribution in [0.2, 0.25) is 0 Å². The highest BCUT2D eigenvalue weighted by Gasteiger charge is 2.48. The topological polar surface area (TPSA) is 132 Å². The van der Waals surface area contributed by atoms with Crippen LogP contribution >= 0.6 is 0 Å². The molecule has 5 aromatic rings. The summed E-state index contributed by atoms with van der Waals surface area (Å²) in [6.45, 7) is 4.03. The molecule has 0 bridgehead atoms. The van der Waals surface area contributed by atoms with E-state index in [9.17, 15) is 19.8 Å². The number of aromatic hydroxyl groups is 1. The Hall–Kier alpha value is -5.05. The number of hydrogen-bond donors (Lipinski definition) is 4. The molecule has 1 unspecified atom stereocenters. The molecule has 38 heavy (non-hydrogen) atoms. The molecular formula is C29H24N4O5. The maximum atomic E-state index is 13.6. The van der Waals surface area contributed by atoms with Gasteiger partial charge < -0.3 is 24.9 Å². The zero-order valence-corrected chi connectivity index (χ0v) is 20.6. The number of aromatic amines is 2. The van der Waals surface area contributed by atoms with E-state index < -0.39 is 17.7 Å². The summed E-state index contributed by atoms with van der Waals surface area (Å²) >= 11 is 0. The van der Waals surface area contributed by atoms with Gasteiger partial charge in [-0.3, -0.25) is 14.5 Å². The zero-order valence-electron chi connectivity index (χ0n) is 20.6. The van der Waals surface area contributed by atoms with E-state index >= 15 is 0 Å². The van der Waals surface area contributed by atoms with Crippen LogP contribution in [0.3, 0.4) is 0 Å². The number of aliphatic hydroxyl groups excluding tert-OH is 1. The monoisotopic (exact) mass is 508 g/mol. The summed E-state index contributed by atoms with van der Waals surface area (Å²) in [6.07, 6.45) is 1.61. The van der Waals surface area contributed by atoms with Gasteiger partial charge in [-0.05, 0) is 55.3 Å². The number of ketones is 1. The summed E-state index contributed by atoms with van der Waals surface area (Å²) < 4.78 is 5.57. The van der Waals surface area contributed by atoms with Gasteiger partial charge in [-0.15, -0.1) is 0 Å². The number of rotatable bonds is 5. The summed E-state index contributed by atoms with van der Waals surface area (Å²) in [7, 11) is 0. The van der Waals surface area contributed by atoms with Crippen molar-refractivity contribution >= 4 is 45.3 Å². The number of ether oxygens (including phenoxy) is 1. The molecule has 1 aliphatic heterocycles. The van der Waals surface area contributed by atoms with Crippen LogP contribution in [0.25, 0.3) is 27.7 Å².